The van der Waals surface area contributed by atoms with Crippen LogP contribution < -0.4 is 5.73 Å². The molecule has 0 aliphatic carbocycles. The lowest BCUT2D eigenvalue weighted by Gasteiger charge is -2.37. The van der Waals surface area contributed by atoms with Gasteiger partial charge in [-0.3, -0.25) is 4.79 Å². The zero-order valence-corrected chi connectivity index (χ0v) is 8.99. The van der Waals surface area contributed by atoms with Crippen molar-refractivity contribution in [2.24, 2.45) is 5.73 Å². The number of aliphatic hydroxyl groups is 1. The standard InChI is InChI=1S/C10H20N2O2/c1-8(11)6-9(13)12-5-3-4-10(2,14)7-12/h8,14H,3-7,11H2,1-2H3. The summed E-state index contributed by atoms with van der Waals surface area (Å²) in [6.45, 7) is 4.79. The number of carbonyl (C=O) groups is 1. The van der Waals surface area contributed by atoms with Gasteiger partial charge in [0.1, 0.15) is 0 Å². The number of piperidine rings is 1. The summed E-state index contributed by atoms with van der Waals surface area (Å²) in [6, 6.07) is -0.102. The molecule has 4 nitrogen and oxygen atoms in total. The zero-order chi connectivity index (χ0) is 10.8. The average Bonchev–Trinajstić information content (AvgIpc) is 2.01. The van der Waals surface area contributed by atoms with Gasteiger partial charge in [-0.05, 0) is 26.7 Å². The highest BCUT2D eigenvalue weighted by atomic mass is 16.3. The second-order valence-corrected chi connectivity index (χ2v) is 4.60. The van der Waals surface area contributed by atoms with Crippen LogP contribution in [0, 0.1) is 0 Å². The van der Waals surface area contributed by atoms with Gasteiger partial charge in [0.25, 0.3) is 0 Å². The average molecular weight is 200 g/mol. The van der Waals surface area contributed by atoms with Crippen molar-refractivity contribution in [1.29, 1.82) is 0 Å². The van der Waals surface area contributed by atoms with Crippen LogP contribution in [0.1, 0.15) is 33.1 Å². The lowest BCUT2D eigenvalue weighted by molar-refractivity contribution is -0.137. The molecule has 4 heteroatoms. The first-order valence-corrected chi connectivity index (χ1v) is 5.16. The normalized spacial score (nSPS) is 30.1. The van der Waals surface area contributed by atoms with E-state index in [-0.39, 0.29) is 11.9 Å². The molecule has 1 aliphatic rings. The fourth-order valence-electron chi connectivity index (χ4n) is 1.84. The fourth-order valence-corrected chi connectivity index (χ4v) is 1.84. The molecule has 3 N–H and O–H groups in total. The van der Waals surface area contributed by atoms with E-state index in [1.807, 2.05) is 6.92 Å². The van der Waals surface area contributed by atoms with Crippen molar-refractivity contribution < 1.29 is 9.90 Å². The maximum atomic E-state index is 11.6. The molecule has 0 aromatic rings. The number of nitrogens with zero attached hydrogens (tertiary/aromatic N) is 1. The van der Waals surface area contributed by atoms with E-state index in [0.29, 0.717) is 13.0 Å². The van der Waals surface area contributed by atoms with Crippen LogP contribution in [-0.2, 0) is 4.79 Å². The van der Waals surface area contributed by atoms with Gasteiger partial charge in [0.05, 0.1) is 5.60 Å². The van der Waals surface area contributed by atoms with Gasteiger partial charge in [0, 0.05) is 25.6 Å². The van der Waals surface area contributed by atoms with Gasteiger partial charge in [-0.2, -0.15) is 0 Å². The van der Waals surface area contributed by atoms with Crippen molar-refractivity contribution in [3.8, 4) is 0 Å². The summed E-state index contributed by atoms with van der Waals surface area (Å²) in [4.78, 5) is 13.3. The van der Waals surface area contributed by atoms with E-state index in [0.717, 1.165) is 19.4 Å². The second kappa shape index (κ2) is 4.28. The van der Waals surface area contributed by atoms with E-state index in [1.165, 1.54) is 0 Å². The summed E-state index contributed by atoms with van der Waals surface area (Å²) < 4.78 is 0. The van der Waals surface area contributed by atoms with E-state index in [1.54, 1.807) is 11.8 Å². The molecule has 0 spiro atoms. The second-order valence-electron chi connectivity index (χ2n) is 4.60. The molecule has 1 saturated heterocycles. The third kappa shape index (κ3) is 3.27. The van der Waals surface area contributed by atoms with E-state index in [2.05, 4.69) is 0 Å². The molecule has 2 atom stereocenters. The Hall–Kier alpha value is -0.610. The van der Waals surface area contributed by atoms with Crippen LogP contribution in [0.4, 0.5) is 0 Å². The molecule has 0 radical (unpaired) electrons. The predicted molar refractivity (Wildman–Crippen MR) is 54.7 cm³/mol. The van der Waals surface area contributed by atoms with Crippen LogP contribution in [0.25, 0.3) is 0 Å². The molecule has 82 valence electrons. The first kappa shape index (κ1) is 11.5. The predicted octanol–water partition coefficient (Wildman–Crippen LogP) is 0.0971. The smallest absolute Gasteiger partial charge is 0.224 e. The molecule has 0 bridgehead atoms. The molecular formula is C10H20N2O2. The van der Waals surface area contributed by atoms with E-state index >= 15 is 0 Å². The molecular weight excluding hydrogens is 180 g/mol. The molecule has 1 rings (SSSR count). The summed E-state index contributed by atoms with van der Waals surface area (Å²) in [6.07, 6.45) is 2.02. The lowest BCUT2D eigenvalue weighted by Crippen LogP contribution is -2.49. The highest BCUT2D eigenvalue weighted by Gasteiger charge is 2.30. The number of hydrogen-bond donors (Lipinski definition) is 2. The van der Waals surface area contributed by atoms with Crippen molar-refractivity contribution >= 4 is 5.91 Å². The highest BCUT2D eigenvalue weighted by molar-refractivity contribution is 5.77. The van der Waals surface area contributed by atoms with Crippen molar-refractivity contribution in [3.63, 3.8) is 0 Å². The molecule has 1 fully saturated rings. The van der Waals surface area contributed by atoms with Crippen molar-refractivity contribution in [1.82, 2.24) is 4.90 Å². The van der Waals surface area contributed by atoms with Gasteiger partial charge in [-0.15, -0.1) is 0 Å². The Morgan fingerprint density at radius 3 is 2.86 bits per heavy atom. The quantitative estimate of drug-likeness (QED) is 0.664. The van der Waals surface area contributed by atoms with Gasteiger partial charge in [-0.1, -0.05) is 0 Å². The minimum Gasteiger partial charge on any atom is -0.388 e. The third-order valence-electron chi connectivity index (χ3n) is 2.52. The Kier molecular flexibility index (Phi) is 3.50. The molecule has 1 amide bonds. The van der Waals surface area contributed by atoms with Crippen LogP contribution in [0.2, 0.25) is 0 Å². The summed E-state index contributed by atoms with van der Waals surface area (Å²) in [7, 11) is 0. The maximum absolute atomic E-state index is 11.6. The van der Waals surface area contributed by atoms with Crippen LogP contribution in [0.3, 0.4) is 0 Å². The lowest BCUT2D eigenvalue weighted by atomic mass is 9.95. The van der Waals surface area contributed by atoms with Crippen LogP contribution in [0.5, 0.6) is 0 Å². The van der Waals surface area contributed by atoms with Crippen LogP contribution >= 0.6 is 0 Å². The highest BCUT2D eigenvalue weighted by Crippen LogP contribution is 2.20. The van der Waals surface area contributed by atoms with Gasteiger partial charge in [-0.25, -0.2) is 0 Å². The molecule has 14 heavy (non-hydrogen) atoms. The number of carbonyl (C=O) groups excluding carboxylic acids is 1. The zero-order valence-electron chi connectivity index (χ0n) is 8.99. The number of β-amino-alcohol motifs (C(OH)–C–C–N with tert-alkyl or cyclic N) is 1. The fraction of sp³-hybridized carbons (Fsp3) is 0.900. The Balaban J connectivity index is 2.48. The molecule has 2 unspecified atom stereocenters. The number of nitrogens with two attached hydrogens (primary N) is 1. The SMILES string of the molecule is CC(N)CC(=O)N1CCCC(C)(O)C1. The van der Waals surface area contributed by atoms with Gasteiger partial charge >= 0.3 is 0 Å². The summed E-state index contributed by atoms with van der Waals surface area (Å²) in [5.74, 6) is 0.0555. The topological polar surface area (TPSA) is 66.6 Å². The largest absolute Gasteiger partial charge is 0.388 e. The first-order chi connectivity index (χ1) is 6.41. The molecule has 1 aliphatic heterocycles. The van der Waals surface area contributed by atoms with Crippen LogP contribution in [-0.4, -0.2) is 40.6 Å². The Morgan fingerprint density at radius 1 is 1.71 bits per heavy atom. The van der Waals surface area contributed by atoms with Crippen molar-refractivity contribution in [2.45, 2.75) is 44.8 Å². The minimum absolute atomic E-state index is 0.0555. The third-order valence-corrected chi connectivity index (χ3v) is 2.52. The van der Waals surface area contributed by atoms with E-state index in [4.69, 9.17) is 5.73 Å². The monoisotopic (exact) mass is 200 g/mol. The Bertz CT molecular complexity index is 214. The van der Waals surface area contributed by atoms with E-state index < -0.39 is 5.60 Å². The maximum Gasteiger partial charge on any atom is 0.224 e. The molecule has 0 aromatic carbocycles. The van der Waals surface area contributed by atoms with Crippen molar-refractivity contribution in [2.75, 3.05) is 13.1 Å². The van der Waals surface area contributed by atoms with Gasteiger partial charge < -0.3 is 15.7 Å². The summed E-state index contributed by atoms with van der Waals surface area (Å²) in [5, 5.41) is 9.80. The number of amides is 1. The van der Waals surface area contributed by atoms with Gasteiger partial charge in [0.2, 0.25) is 5.91 Å². The summed E-state index contributed by atoms with van der Waals surface area (Å²) >= 11 is 0. The summed E-state index contributed by atoms with van der Waals surface area (Å²) in [5.41, 5.74) is 4.84. The minimum atomic E-state index is -0.717. The molecule has 1 heterocycles. The molecule has 0 aromatic heterocycles. The number of hydrogen-bond acceptors (Lipinski definition) is 3. The first-order valence-electron chi connectivity index (χ1n) is 5.16. The number of likely N-dealkylation sites (tertiary alicyclic amines) is 1. The molecule has 0 saturated carbocycles. The van der Waals surface area contributed by atoms with E-state index in [9.17, 15) is 9.90 Å². The Labute approximate surface area is 85.1 Å². The van der Waals surface area contributed by atoms with Gasteiger partial charge in [0.15, 0.2) is 0 Å². The van der Waals surface area contributed by atoms with Crippen LogP contribution in [0.15, 0.2) is 0 Å². The Morgan fingerprint density at radius 2 is 2.36 bits per heavy atom. The van der Waals surface area contributed by atoms with Crippen molar-refractivity contribution in [3.05, 3.63) is 0 Å². The number of rotatable bonds is 2.